The molecule has 3 rings (SSSR count). The maximum atomic E-state index is 12.4. The SMILES string of the molecule is Cc1ccccc1N1C(=O)[C@H]2CC=CC[C@@H]2C1=O. The molecule has 0 saturated carbocycles. The minimum Gasteiger partial charge on any atom is -0.274 e. The zero-order valence-electron chi connectivity index (χ0n) is 10.3. The number of rotatable bonds is 1. The van der Waals surface area contributed by atoms with Gasteiger partial charge in [-0.25, -0.2) is 4.90 Å². The molecule has 1 saturated heterocycles. The van der Waals surface area contributed by atoms with E-state index in [9.17, 15) is 9.59 Å². The number of imide groups is 1. The lowest BCUT2D eigenvalue weighted by Gasteiger charge is -2.16. The van der Waals surface area contributed by atoms with Gasteiger partial charge in [-0.05, 0) is 31.4 Å². The van der Waals surface area contributed by atoms with Crippen LogP contribution in [0.25, 0.3) is 0 Å². The summed E-state index contributed by atoms with van der Waals surface area (Å²) < 4.78 is 0. The molecule has 3 nitrogen and oxygen atoms in total. The van der Waals surface area contributed by atoms with E-state index in [1.54, 1.807) is 0 Å². The number of fused-ring (bicyclic) bond motifs is 1. The molecule has 92 valence electrons. The highest BCUT2D eigenvalue weighted by Crippen LogP contribution is 2.38. The summed E-state index contributed by atoms with van der Waals surface area (Å²) in [6.45, 7) is 1.93. The van der Waals surface area contributed by atoms with E-state index >= 15 is 0 Å². The quantitative estimate of drug-likeness (QED) is 0.559. The van der Waals surface area contributed by atoms with Crippen LogP contribution in [-0.4, -0.2) is 11.8 Å². The van der Waals surface area contributed by atoms with E-state index in [2.05, 4.69) is 0 Å². The highest BCUT2D eigenvalue weighted by atomic mass is 16.2. The van der Waals surface area contributed by atoms with Gasteiger partial charge in [0.15, 0.2) is 0 Å². The van der Waals surface area contributed by atoms with Gasteiger partial charge >= 0.3 is 0 Å². The lowest BCUT2D eigenvalue weighted by atomic mass is 9.85. The number of aryl methyl sites for hydroxylation is 1. The highest BCUT2D eigenvalue weighted by molar-refractivity contribution is 6.22. The normalized spacial score (nSPS) is 26.6. The van der Waals surface area contributed by atoms with Gasteiger partial charge in [-0.2, -0.15) is 0 Å². The van der Waals surface area contributed by atoms with Crippen molar-refractivity contribution in [3.8, 4) is 0 Å². The smallest absolute Gasteiger partial charge is 0.238 e. The maximum absolute atomic E-state index is 12.4. The molecule has 3 heteroatoms. The zero-order chi connectivity index (χ0) is 12.7. The fourth-order valence-electron chi connectivity index (χ4n) is 2.85. The van der Waals surface area contributed by atoms with Crippen LogP contribution in [0.4, 0.5) is 5.69 Å². The fourth-order valence-corrected chi connectivity index (χ4v) is 2.85. The highest BCUT2D eigenvalue weighted by Gasteiger charge is 2.48. The third-order valence-electron chi connectivity index (χ3n) is 3.86. The molecule has 0 bridgehead atoms. The van der Waals surface area contributed by atoms with Crippen LogP contribution in [0, 0.1) is 18.8 Å². The predicted octanol–water partition coefficient (Wildman–Crippen LogP) is 2.45. The van der Waals surface area contributed by atoms with E-state index in [4.69, 9.17) is 0 Å². The molecule has 1 aromatic rings. The van der Waals surface area contributed by atoms with Crippen molar-refractivity contribution < 1.29 is 9.59 Å². The molecule has 1 aromatic carbocycles. The van der Waals surface area contributed by atoms with Gasteiger partial charge in [-0.1, -0.05) is 30.4 Å². The average molecular weight is 241 g/mol. The number of nitrogens with zero attached hydrogens (tertiary/aromatic N) is 1. The van der Waals surface area contributed by atoms with Crippen molar-refractivity contribution in [3.63, 3.8) is 0 Å². The number of hydrogen-bond acceptors (Lipinski definition) is 2. The summed E-state index contributed by atoms with van der Waals surface area (Å²) in [5, 5.41) is 0. The molecule has 0 unspecified atom stereocenters. The molecular weight excluding hydrogens is 226 g/mol. The molecule has 2 atom stereocenters. The molecule has 1 fully saturated rings. The third kappa shape index (κ3) is 1.50. The van der Waals surface area contributed by atoms with Gasteiger partial charge in [0, 0.05) is 0 Å². The van der Waals surface area contributed by atoms with Crippen LogP contribution >= 0.6 is 0 Å². The molecular formula is C15H15NO2. The van der Waals surface area contributed by atoms with Gasteiger partial charge in [0.25, 0.3) is 0 Å². The van der Waals surface area contributed by atoms with E-state index in [0.717, 1.165) is 11.3 Å². The van der Waals surface area contributed by atoms with Gasteiger partial charge in [0.05, 0.1) is 17.5 Å². The maximum Gasteiger partial charge on any atom is 0.238 e. The molecule has 18 heavy (non-hydrogen) atoms. The van der Waals surface area contributed by atoms with E-state index in [1.807, 2.05) is 43.3 Å². The van der Waals surface area contributed by atoms with Crippen molar-refractivity contribution in [3.05, 3.63) is 42.0 Å². The Morgan fingerprint density at radius 1 is 1.00 bits per heavy atom. The second-order valence-corrected chi connectivity index (χ2v) is 4.95. The number of anilines is 1. The number of carbonyl (C=O) groups excluding carboxylic acids is 2. The Labute approximate surface area is 106 Å². The molecule has 2 aliphatic rings. The van der Waals surface area contributed by atoms with Gasteiger partial charge in [-0.3, -0.25) is 9.59 Å². The Hall–Kier alpha value is -1.90. The Morgan fingerprint density at radius 2 is 1.56 bits per heavy atom. The summed E-state index contributed by atoms with van der Waals surface area (Å²) in [6.07, 6.45) is 5.40. The third-order valence-corrected chi connectivity index (χ3v) is 3.86. The van der Waals surface area contributed by atoms with Crippen LogP contribution in [-0.2, 0) is 9.59 Å². The zero-order valence-corrected chi connectivity index (χ0v) is 10.3. The summed E-state index contributed by atoms with van der Waals surface area (Å²) in [4.78, 5) is 26.1. The molecule has 0 N–H and O–H groups in total. The van der Waals surface area contributed by atoms with E-state index < -0.39 is 0 Å². The first-order valence-electron chi connectivity index (χ1n) is 6.28. The van der Waals surface area contributed by atoms with Crippen LogP contribution in [0.3, 0.4) is 0 Å². The van der Waals surface area contributed by atoms with Crippen LogP contribution in [0.15, 0.2) is 36.4 Å². The van der Waals surface area contributed by atoms with Gasteiger partial charge in [-0.15, -0.1) is 0 Å². The molecule has 1 heterocycles. The monoisotopic (exact) mass is 241 g/mol. The first kappa shape index (κ1) is 11.2. The van der Waals surface area contributed by atoms with Crippen LogP contribution < -0.4 is 4.90 Å². The average Bonchev–Trinajstić information content (AvgIpc) is 2.64. The van der Waals surface area contributed by atoms with Crippen molar-refractivity contribution in [2.24, 2.45) is 11.8 Å². The van der Waals surface area contributed by atoms with Crippen molar-refractivity contribution in [1.29, 1.82) is 0 Å². The van der Waals surface area contributed by atoms with Gasteiger partial charge < -0.3 is 0 Å². The van der Waals surface area contributed by atoms with E-state index in [1.165, 1.54) is 4.90 Å². The molecule has 0 radical (unpaired) electrons. The number of hydrogen-bond donors (Lipinski definition) is 0. The van der Waals surface area contributed by atoms with Gasteiger partial charge in [0.1, 0.15) is 0 Å². The largest absolute Gasteiger partial charge is 0.274 e. The Bertz CT molecular complexity index is 521. The van der Waals surface area contributed by atoms with Crippen molar-refractivity contribution in [1.82, 2.24) is 0 Å². The first-order chi connectivity index (χ1) is 8.70. The lowest BCUT2D eigenvalue weighted by Crippen LogP contribution is -2.31. The standard InChI is InChI=1S/C15H15NO2/c1-10-6-2-5-9-13(10)16-14(17)11-7-3-4-8-12(11)15(16)18/h2-6,9,11-12H,7-8H2,1H3/t11-,12-/m0/s1. The Morgan fingerprint density at radius 3 is 2.11 bits per heavy atom. The second-order valence-electron chi connectivity index (χ2n) is 4.95. The number of carbonyl (C=O) groups is 2. The second kappa shape index (κ2) is 4.09. The Kier molecular flexibility index (Phi) is 2.54. The molecule has 1 aliphatic heterocycles. The van der Waals surface area contributed by atoms with Crippen LogP contribution in [0.5, 0.6) is 0 Å². The summed E-state index contributed by atoms with van der Waals surface area (Å²) in [6, 6.07) is 7.55. The minimum atomic E-state index is -0.151. The number of para-hydroxylation sites is 1. The number of benzene rings is 1. The predicted molar refractivity (Wildman–Crippen MR) is 69.0 cm³/mol. The van der Waals surface area contributed by atoms with Crippen LogP contribution in [0.1, 0.15) is 18.4 Å². The minimum absolute atomic E-state index is 0.0383. The summed E-state index contributed by atoms with van der Waals surface area (Å²) in [5.74, 6) is -0.378. The van der Waals surface area contributed by atoms with Crippen molar-refractivity contribution >= 4 is 17.5 Å². The summed E-state index contributed by atoms with van der Waals surface area (Å²) in [5.41, 5.74) is 1.70. The number of amides is 2. The van der Waals surface area contributed by atoms with Gasteiger partial charge in [0.2, 0.25) is 11.8 Å². The molecule has 2 amide bonds. The van der Waals surface area contributed by atoms with Crippen molar-refractivity contribution in [2.45, 2.75) is 19.8 Å². The molecule has 0 spiro atoms. The molecule has 0 aromatic heterocycles. The first-order valence-corrected chi connectivity index (χ1v) is 6.28. The van der Waals surface area contributed by atoms with Crippen LogP contribution in [0.2, 0.25) is 0 Å². The lowest BCUT2D eigenvalue weighted by molar-refractivity contribution is -0.122. The van der Waals surface area contributed by atoms with E-state index in [0.29, 0.717) is 12.8 Å². The molecule has 1 aliphatic carbocycles. The summed E-state index contributed by atoms with van der Waals surface area (Å²) in [7, 11) is 0. The number of allylic oxidation sites excluding steroid dienone is 2. The van der Waals surface area contributed by atoms with E-state index in [-0.39, 0.29) is 23.7 Å². The fraction of sp³-hybridized carbons (Fsp3) is 0.333. The van der Waals surface area contributed by atoms with Crippen molar-refractivity contribution in [2.75, 3.05) is 4.90 Å². The topological polar surface area (TPSA) is 37.4 Å². The summed E-state index contributed by atoms with van der Waals surface area (Å²) >= 11 is 0. The Balaban J connectivity index is 2.02.